The number of hydrogen-bond donors (Lipinski definition) is 1. The van der Waals surface area contributed by atoms with Gasteiger partial charge in [-0.3, -0.25) is 4.79 Å². The molecule has 0 radical (unpaired) electrons. The van der Waals surface area contributed by atoms with Crippen molar-refractivity contribution < 1.29 is 4.79 Å². The summed E-state index contributed by atoms with van der Waals surface area (Å²) < 4.78 is 2.26. The highest BCUT2D eigenvalue weighted by atomic mass is 16.1. The lowest BCUT2D eigenvalue weighted by Crippen LogP contribution is -2.31. The Morgan fingerprint density at radius 3 is 3.18 bits per heavy atom. The Hall–Kier alpha value is -2.14. The van der Waals surface area contributed by atoms with Crippen LogP contribution >= 0.6 is 0 Å². The van der Waals surface area contributed by atoms with Gasteiger partial charge in [-0.05, 0) is 37.1 Å². The zero-order valence-corrected chi connectivity index (χ0v) is 12.9. The first kappa shape index (κ1) is 14.8. The third-order valence-corrected chi connectivity index (χ3v) is 4.27. The van der Waals surface area contributed by atoms with Crippen LogP contribution in [0.1, 0.15) is 28.2 Å². The van der Waals surface area contributed by atoms with E-state index in [1.807, 2.05) is 24.4 Å². The van der Waals surface area contributed by atoms with Crippen LogP contribution in [0.3, 0.4) is 0 Å². The second-order valence-corrected chi connectivity index (χ2v) is 6.16. The average Bonchev–Trinajstić information content (AvgIpc) is 2.95. The Morgan fingerprint density at radius 1 is 1.50 bits per heavy atom. The predicted octanol–water partition coefficient (Wildman–Crippen LogP) is 1.68. The van der Waals surface area contributed by atoms with Crippen molar-refractivity contribution in [2.75, 3.05) is 13.6 Å². The molecule has 1 aromatic heterocycles. The van der Waals surface area contributed by atoms with Gasteiger partial charge in [-0.1, -0.05) is 12.1 Å². The van der Waals surface area contributed by atoms with E-state index in [0.29, 0.717) is 11.5 Å². The largest absolute Gasteiger partial charge is 0.366 e. The van der Waals surface area contributed by atoms with Crippen LogP contribution < -0.4 is 5.73 Å². The second-order valence-electron chi connectivity index (χ2n) is 6.16. The molecule has 3 rings (SSSR count). The van der Waals surface area contributed by atoms with Gasteiger partial charge in [0.25, 0.3) is 0 Å². The molecule has 0 fully saturated rings. The molecule has 1 aliphatic rings. The maximum absolute atomic E-state index is 11.2. The molecular formula is C17H22N4O. The van der Waals surface area contributed by atoms with E-state index in [4.69, 9.17) is 5.73 Å². The number of aromatic nitrogens is 2. The molecule has 22 heavy (non-hydrogen) atoms. The molecule has 5 heteroatoms. The molecule has 5 nitrogen and oxygen atoms in total. The van der Waals surface area contributed by atoms with Gasteiger partial charge in [0.05, 0.1) is 0 Å². The Balaban J connectivity index is 1.58. The summed E-state index contributed by atoms with van der Waals surface area (Å²) >= 11 is 0. The van der Waals surface area contributed by atoms with Crippen LogP contribution in [-0.4, -0.2) is 34.0 Å². The quantitative estimate of drug-likeness (QED) is 0.913. The van der Waals surface area contributed by atoms with Crippen LogP contribution in [0, 0.1) is 5.92 Å². The molecule has 1 unspecified atom stereocenters. The molecule has 1 atom stereocenters. The van der Waals surface area contributed by atoms with Crippen molar-refractivity contribution in [2.24, 2.45) is 11.7 Å². The fourth-order valence-corrected chi connectivity index (χ4v) is 3.23. The summed E-state index contributed by atoms with van der Waals surface area (Å²) in [5, 5.41) is 0. The molecule has 0 saturated carbocycles. The van der Waals surface area contributed by atoms with Crippen LogP contribution in [0.5, 0.6) is 0 Å². The van der Waals surface area contributed by atoms with E-state index < -0.39 is 0 Å². The topological polar surface area (TPSA) is 64.2 Å². The Labute approximate surface area is 130 Å². The van der Waals surface area contributed by atoms with E-state index in [1.165, 1.54) is 12.2 Å². The molecule has 2 heterocycles. The van der Waals surface area contributed by atoms with Crippen molar-refractivity contribution in [1.29, 1.82) is 0 Å². The first-order chi connectivity index (χ1) is 10.6. The molecule has 1 aromatic carbocycles. The van der Waals surface area contributed by atoms with Gasteiger partial charge < -0.3 is 15.2 Å². The number of nitrogens with zero attached hydrogens (tertiary/aromatic N) is 3. The summed E-state index contributed by atoms with van der Waals surface area (Å²) in [5.41, 5.74) is 7.04. The minimum Gasteiger partial charge on any atom is -0.366 e. The van der Waals surface area contributed by atoms with E-state index in [1.54, 1.807) is 6.07 Å². The summed E-state index contributed by atoms with van der Waals surface area (Å²) in [4.78, 5) is 17.9. The van der Waals surface area contributed by atoms with Crippen LogP contribution in [0.4, 0.5) is 0 Å². The van der Waals surface area contributed by atoms with Gasteiger partial charge in [-0.25, -0.2) is 4.98 Å². The minimum atomic E-state index is -0.371. The minimum absolute atomic E-state index is 0.371. The van der Waals surface area contributed by atoms with E-state index in [-0.39, 0.29) is 5.91 Å². The lowest BCUT2D eigenvalue weighted by atomic mass is 9.98. The Bertz CT molecular complexity index is 664. The van der Waals surface area contributed by atoms with Crippen molar-refractivity contribution in [3.63, 3.8) is 0 Å². The highest BCUT2D eigenvalue weighted by Crippen LogP contribution is 2.20. The lowest BCUT2D eigenvalue weighted by molar-refractivity contribution is 0.1000. The number of nitrogens with two attached hydrogens (primary N) is 1. The molecular weight excluding hydrogens is 276 g/mol. The summed E-state index contributed by atoms with van der Waals surface area (Å²) in [7, 11) is 2.13. The highest BCUT2D eigenvalue weighted by molar-refractivity contribution is 5.92. The summed E-state index contributed by atoms with van der Waals surface area (Å²) in [6, 6.07) is 7.57. The van der Waals surface area contributed by atoms with Gasteiger partial charge >= 0.3 is 0 Å². The smallest absolute Gasteiger partial charge is 0.248 e. The van der Waals surface area contributed by atoms with Gasteiger partial charge in [0.1, 0.15) is 5.82 Å². The average molecular weight is 298 g/mol. The third kappa shape index (κ3) is 3.36. The predicted molar refractivity (Wildman–Crippen MR) is 85.3 cm³/mol. The van der Waals surface area contributed by atoms with E-state index in [0.717, 1.165) is 31.6 Å². The zero-order chi connectivity index (χ0) is 15.5. The molecule has 0 bridgehead atoms. The SMILES string of the molecule is CN(Cc1cccc(C(N)=O)c1)CC1CCc2nccn2C1. The summed E-state index contributed by atoms with van der Waals surface area (Å²) in [5.74, 6) is 1.48. The van der Waals surface area contributed by atoms with Gasteiger partial charge in [0.2, 0.25) is 5.91 Å². The van der Waals surface area contributed by atoms with Gasteiger partial charge in [0, 0.05) is 44.0 Å². The second kappa shape index (κ2) is 6.32. The maximum atomic E-state index is 11.2. The number of aryl methyl sites for hydroxylation is 1. The zero-order valence-electron chi connectivity index (χ0n) is 12.9. The molecule has 0 saturated heterocycles. The Kier molecular flexibility index (Phi) is 4.24. The number of fused-ring (bicyclic) bond motifs is 1. The van der Waals surface area contributed by atoms with Gasteiger partial charge in [-0.2, -0.15) is 0 Å². The van der Waals surface area contributed by atoms with Gasteiger partial charge in [0.15, 0.2) is 0 Å². The van der Waals surface area contributed by atoms with Crippen LogP contribution in [-0.2, 0) is 19.5 Å². The molecule has 116 valence electrons. The molecule has 1 amide bonds. The number of carbonyl (C=O) groups excluding carboxylic acids is 1. The number of primary amides is 1. The van der Waals surface area contributed by atoms with E-state index >= 15 is 0 Å². The number of rotatable bonds is 5. The molecule has 0 aliphatic carbocycles. The van der Waals surface area contributed by atoms with Crippen molar-refractivity contribution in [3.8, 4) is 0 Å². The first-order valence-electron chi connectivity index (χ1n) is 7.69. The summed E-state index contributed by atoms with van der Waals surface area (Å²) in [6.45, 7) is 2.91. The van der Waals surface area contributed by atoms with E-state index in [2.05, 4.69) is 27.7 Å². The lowest BCUT2D eigenvalue weighted by Gasteiger charge is -2.28. The first-order valence-corrected chi connectivity index (χ1v) is 7.69. The van der Waals surface area contributed by atoms with Crippen molar-refractivity contribution >= 4 is 5.91 Å². The summed E-state index contributed by atoms with van der Waals surface area (Å²) in [6.07, 6.45) is 6.19. The molecule has 0 spiro atoms. The molecule has 1 aliphatic heterocycles. The van der Waals surface area contributed by atoms with Crippen molar-refractivity contribution in [2.45, 2.75) is 25.9 Å². The molecule has 2 N–H and O–H groups in total. The standard InChI is InChI=1S/C17H22N4O/c1-20(10-13-3-2-4-15(9-13)17(18)22)11-14-5-6-16-19-7-8-21(16)12-14/h2-4,7-9,14H,5-6,10-12H2,1H3,(H2,18,22). The van der Waals surface area contributed by atoms with Crippen LogP contribution in [0.15, 0.2) is 36.7 Å². The van der Waals surface area contributed by atoms with Crippen molar-refractivity contribution in [3.05, 3.63) is 53.6 Å². The number of hydrogen-bond acceptors (Lipinski definition) is 3. The number of imidazole rings is 1. The highest BCUT2D eigenvalue weighted by Gasteiger charge is 2.20. The van der Waals surface area contributed by atoms with Crippen LogP contribution in [0.2, 0.25) is 0 Å². The Morgan fingerprint density at radius 2 is 2.36 bits per heavy atom. The molecule has 2 aromatic rings. The maximum Gasteiger partial charge on any atom is 0.248 e. The number of benzene rings is 1. The fraction of sp³-hybridized carbons (Fsp3) is 0.412. The van der Waals surface area contributed by atoms with Crippen molar-refractivity contribution in [1.82, 2.24) is 14.5 Å². The number of amides is 1. The fourth-order valence-electron chi connectivity index (χ4n) is 3.23. The van der Waals surface area contributed by atoms with Gasteiger partial charge in [-0.15, -0.1) is 0 Å². The third-order valence-electron chi connectivity index (χ3n) is 4.27. The van der Waals surface area contributed by atoms with E-state index in [9.17, 15) is 4.79 Å². The number of carbonyl (C=O) groups is 1. The van der Waals surface area contributed by atoms with Crippen LogP contribution in [0.25, 0.3) is 0 Å². The monoisotopic (exact) mass is 298 g/mol. The normalized spacial score (nSPS) is 17.5.